The molecule has 2 aromatic heterocycles. The SMILES string of the molecule is Cc1ccc(CNC(=O)[C@@H]2C[C@@H]3CC[C@]2(C)C[C@]32NC(=O)c3cccnc3N2)o1. The molecule has 2 aromatic rings. The highest BCUT2D eigenvalue weighted by atomic mass is 16.3. The Morgan fingerprint density at radius 3 is 2.97 bits per heavy atom. The van der Waals surface area contributed by atoms with Crippen LogP contribution in [0.1, 0.15) is 54.5 Å². The zero-order valence-electron chi connectivity index (χ0n) is 16.7. The second kappa shape index (κ2) is 6.34. The number of hydrogen-bond acceptors (Lipinski definition) is 5. The minimum Gasteiger partial charge on any atom is -0.465 e. The van der Waals surface area contributed by atoms with Crippen molar-refractivity contribution in [2.24, 2.45) is 17.3 Å². The van der Waals surface area contributed by atoms with Gasteiger partial charge >= 0.3 is 0 Å². The fourth-order valence-corrected chi connectivity index (χ4v) is 5.60. The molecule has 0 unspecified atom stereocenters. The van der Waals surface area contributed by atoms with E-state index in [1.54, 1.807) is 18.3 Å². The van der Waals surface area contributed by atoms with Crippen LogP contribution in [0.25, 0.3) is 0 Å². The summed E-state index contributed by atoms with van der Waals surface area (Å²) in [5, 5.41) is 9.81. The summed E-state index contributed by atoms with van der Waals surface area (Å²) >= 11 is 0. The highest BCUT2D eigenvalue weighted by Crippen LogP contribution is 2.58. The fourth-order valence-electron chi connectivity index (χ4n) is 5.60. The second-order valence-corrected chi connectivity index (χ2v) is 9.03. The summed E-state index contributed by atoms with van der Waals surface area (Å²) in [4.78, 5) is 30.2. The number of carbonyl (C=O) groups excluding carboxylic acids is 2. The van der Waals surface area contributed by atoms with Gasteiger partial charge in [0.2, 0.25) is 5.91 Å². The van der Waals surface area contributed by atoms with Crippen LogP contribution < -0.4 is 16.0 Å². The first-order chi connectivity index (χ1) is 13.9. The standard InChI is InChI=1S/C22H26N4O3/c1-13-5-6-15(29-13)11-24-20(28)17-10-14-7-8-21(17,2)12-22(14)25-18-16(19(27)26-22)4-3-9-23-18/h3-6,9,14,17H,7-8,10-12H2,1-2H3,(H,23,25)(H,24,28)(H,26,27)/t14-,17-,21+,22-/m0/s1. The molecule has 3 N–H and O–H groups in total. The first-order valence-electron chi connectivity index (χ1n) is 10.3. The Morgan fingerprint density at radius 2 is 2.21 bits per heavy atom. The average Bonchev–Trinajstić information content (AvgIpc) is 3.11. The molecule has 7 heteroatoms. The molecule has 1 aliphatic heterocycles. The van der Waals surface area contributed by atoms with E-state index in [-0.39, 0.29) is 29.1 Å². The van der Waals surface area contributed by atoms with Crippen molar-refractivity contribution in [2.75, 3.05) is 5.32 Å². The lowest BCUT2D eigenvalue weighted by Gasteiger charge is -2.60. The molecule has 0 radical (unpaired) electrons. The zero-order chi connectivity index (χ0) is 20.2. The number of pyridine rings is 1. The Balaban J connectivity index is 1.35. The third-order valence-corrected chi connectivity index (χ3v) is 7.08. The minimum atomic E-state index is -0.527. The van der Waals surface area contributed by atoms with Gasteiger partial charge in [0.05, 0.1) is 12.1 Å². The molecule has 4 atom stereocenters. The maximum atomic E-state index is 13.0. The van der Waals surface area contributed by atoms with Gasteiger partial charge in [-0.1, -0.05) is 6.92 Å². The normalized spacial score (nSPS) is 32.4. The van der Waals surface area contributed by atoms with Crippen molar-refractivity contribution in [3.8, 4) is 0 Å². The lowest BCUT2D eigenvalue weighted by molar-refractivity contribution is -0.139. The van der Waals surface area contributed by atoms with Crippen LogP contribution in [0.3, 0.4) is 0 Å². The highest BCUT2D eigenvalue weighted by Gasteiger charge is 2.60. The quantitative estimate of drug-likeness (QED) is 0.744. The molecule has 29 heavy (non-hydrogen) atoms. The van der Waals surface area contributed by atoms with Crippen LogP contribution in [-0.2, 0) is 11.3 Å². The number of aryl methyl sites for hydroxylation is 1. The van der Waals surface area contributed by atoms with E-state index in [1.807, 2.05) is 19.1 Å². The number of aromatic nitrogens is 1. The highest BCUT2D eigenvalue weighted by molar-refractivity contribution is 6.01. The first kappa shape index (κ1) is 18.2. The van der Waals surface area contributed by atoms with Crippen molar-refractivity contribution in [2.45, 2.75) is 51.7 Å². The number of anilines is 1. The molecule has 3 heterocycles. The number of nitrogens with zero attached hydrogens (tertiary/aromatic N) is 1. The van der Waals surface area contributed by atoms with E-state index in [4.69, 9.17) is 4.42 Å². The number of hydrogen-bond donors (Lipinski definition) is 3. The molecule has 1 spiro atoms. The summed E-state index contributed by atoms with van der Waals surface area (Å²) in [6.45, 7) is 4.47. The van der Waals surface area contributed by atoms with E-state index in [0.29, 0.717) is 24.3 Å². The predicted octanol–water partition coefficient (Wildman–Crippen LogP) is 2.98. The van der Waals surface area contributed by atoms with E-state index >= 15 is 0 Å². The van der Waals surface area contributed by atoms with E-state index in [0.717, 1.165) is 30.8 Å². The molecule has 0 aromatic carbocycles. The Kier molecular flexibility index (Phi) is 3.98. The summed E-state index contributed by atoms with van der Waals surface area (Å²) in [6.07, 6.45) is 5.12. The molecule has 3 aliphatic carbocycles. The minimum absolute atomic E-state index is 0.0711. The van der Waals surface area contributed by atoms with Gasteiger partial charge in [-0.05, 0) is 62.3 Å². The monoisotopic (exact) mass is 394 g/mol. The van der Waals surface area contributed by atoms with Crippen LogP contribution in [0, 0.1) is 24.2 Å². The van der Waals surface area contributed by atoms with Crippen molar-refractivity contribution in [3.05, 3.63) is 47.5 Å². The van der Waals surface area contributed by atoms with Crippen LogP contribution in [0.5, 0.6) is 0 Å². The Hall–Kier alpha value is -2.83. The number of rotatable bonds is 3. The lowest BCUT2D eigenvalue weighted by Crippen LogP contribution is -2.70. The van der Waals surface area contributed by atoms with E-state index < -0.39 is 5.66 Å². The van der Waals surface area contributed by atoms with Gasteiger partial charge in [-0.15, -0.1) is 0 Å². The molecule has 2 bridgehead atoms. The second-order valence-electron chi connectivity index (χ2n) is 9.03. The number of carbonyl (C=O) groups is 2. The molecular weight excluding hydrogens is 368 g/mol. The summed E-state index contributed by atoms with van der Waals surface area (Å²) in [7, 11) is 0. The molecule has 3 fully saturated rings. The van der Waals surface area contributed by atoms with Crippen LogP contribution >= 0.6 is 0 Å². The average molecular weight is 394 g/mol. The summed E-state index contributed by atoms with van der Waals surface area (Å²) in [5.41, 5.74) is -0.141. The van der Waals surface area contributed by atoms with E-state index in [9.17, 15) is 9.59 Å². The first-order valence-corrected chi connectivity index (χ1v) is 10.3. The van der Waals surface area contributed by atoms with Gasteiger partial charge in [0.1, 0.15) is 23.0 Å². The molecule has 6 rings (SSSR count). The van der Waals surface area contributed by atoms with Crippen molar-refractivity contribution in [1.29, 1.82) is 0 Å². The number of nitrogens with one attached hydrogen (secondary N) is 3. The molecule has 0 saturated heterocycles. The number of amides is 2. The van der Waals surface area contributed by atoms with E-state index in [2.05, 4.69) is 27.9 Å². The summed E-state index contributed by atoms with van der Waals surface area (Å²) in [6, 6.07) is 7.35. The zero-order valence-corrected chi connectivity index (χ0v) is 16.7. The van der Waals surface area contributed by atoms with Gasteiger partial charge in [0.15, 0.2) is 0 Å². The van der Waals surface area contributed by atoms with Crippen molar-refractivity contribution < 1.29 is 14.0 Å². The fraction of sp³-hybridized carbons (Fsp3) is 0.500. The van der Waals surface area contributed by atoms with Crippen LogP contribution in [0.2, 0.25) is 0 Å². The van der Waals surface area contributed by atoms with Crippen LogP contribution in [0.4, 0.5) is 5.82 Å². The lowest BCUT2D eigenvalue weighted by atomic mass is 9.51. The Morgan fingerprint density at radius 1 is 1.34 bits per heavy atom. The van der Waals surface area contributed by atoms with Crippen molar-refractivity contribution in [3.63, 3.8) is 0 Å². The molecule has 4 aliphatic rings. The maximum absolute atomic E-state index is 13.0. The van der Waals surface area contributed by atoms with Gasteiger partial charge in [-0.3, -0.25) is 9.59 Å². The topological polar surface area (TPSA) is 96.3 Å². The number of furan rings is 1. The largest absolute Gasteiger partial charge is 0.465 e. The van der Waals surface area contributed by atoms with E-state index in [1.165, 1.54) is 0 Å². The van der Waals surface area contributed by atoms with Crippen LogP contribution in [-0.4, -0.2) is 22.5 Å². The number of fused-ring (bicyclic) bond motifs is 3. The van der Waals surface area contributed by atoms with Gasteiger partial charge in [0, 0.05) is 18.0 Å². The van der Waals surface area contributed by atoms with Gasteiger partial charge in [-0.25, -0.2) is 4.98 Å². The van der Waals surface area contributed by atoms with Gasteiger partial charge in [-0.2, -0.15) is 0 Å². The summed E-state index contributed by atoms with van der Waals surface area (Å²) in [5.74, 6) is 2.34. The van der Waals surface area contributed by atoms with Crippen molar-refractivity contribution >= 4 is 17.6 Å². The Labute approximate surface area is 169 Å². The molecule has 7 nitrogen and oxygen atoms in total. The third-order valence-electron chi connectivity index (χ3n) is 7.08. The van der Waals surface area contributed by atoms with Gasteiger partial charge in [0.25, 0.3) is 5.91 Å². The van der Waals surface area contributed by atoms with Gasteiger partial charge < -0.3 is 20.4 Å². The Bertz CT molecular complexity index is 986. The van der Waals surface area contributed by atoms with Crippen LogP contribution in [0.15, 0.2) is 34.9 Å². The molecular formula is C22H26N4O3. The molecule has 2 amide bonds. The molecule has 3 saturated carbocycles. The molecule has 152 valence electrons. The predicted molar refractivity (Wildman–Crippen MR) is 107 cm³/mol. The third kappa shape index (κ3) is 2.91. The smallest absolute Gasteiger partial charge is 0.256 e. The summed E-state index contributed by atoms with van der Waals surface area (Å²) < 4.78 is 5.56. The maximum Gasteiger partial charge on any atom is 0.256 e. The van der Waals surface area contributed by atoms with Crippen molar-refractivity contribution in [1.82, 2.24) is 15.6 Å².